The molecule has 0 aromatic heterocycles. The summed E-state index contributed by atoms with van der Waals surface area (Å²) in [5, 5.41) is 23.0. The molecule has 0 aliphatic carbocycles. The molecule has 0 aliphatic rings. The topological polar surface area (TPSA) is 61.7 Å². The van der Waals surface area contributed by atoms with Crippen LogP contribution in [-0.2, 0) is 11.3 Å². The predicted octanol–water partition coefficient (Wildman–Crippen LogP) is 2.36. The fourth-order valence-corrected chi connectivity index (χ4v) is 2.17. The van der Waals surface area contributed by atoms with E-state index in [1.54, 1.807) is 0 Å². The van der Waals surface area contributed by atoms with Crippen molar-refractivity contribution in [2.24, 2.45) is 0 Å². The van der Waals surface area contributed by atoms with E-state index in [1.807, 2.05) is 31.2 Å². The van der Waals surface area contributed by atoms with Crippen molar-refractivity contribution in [3.05, 3.63) is 34.9 Å². The van der Waals surface area contributed by atoms with Crippen LogP contribution in [0, 0.1) is 0 Å². The summed E-state index contributed by atoms with van der Waals surface area (Å²) in [6.45, 7) is 5.31. The second-order valence-corrected chi connectivity index (χ2v) is 5.94. The van der Waals surface area contributed by atoms with E-state index in [0.29, 0.717) is 24.6 Å². The van der Waals surface area contributed by atoms with E-state index in [-0.39, 0.29) is 18.8 Å². The Morgan fingerprint density at radius 3 is 2.71 bits per heavy atom. The summed E-state index contributed by atoms with van der Waals surface area (Å²) in [6, 6.07) is 7.50. The molecule has 0 bridgehead atoms. The minimum atomic E-state index is -0.586. The smallest absolute Gasteiger partial charge is 0.0898 e. The van der Waals surface area contributed by atoms with E-state index in [2.05, 4.69) is 12.2 Å². The molecular weight excluding hydrogens is 290 g/mol. The van der Waals surface area contributed by atoms with Gasteiger partial charge in [0.15, 0.2) is 0 Å². The van der Waals surface area contributed by atoms with Crippen LogP contribution in [0.1, 0.15) is 32.3 Å². The van der Waals surface area contributed by atoms with Crippen molar-refractivity contribution in [1.29, 1.82) is 0 Å². The standard InChI is InChI=1S/C16H26ClNO3/c1-3-16(2,8-9-19)18-10-14(20)12-21-11-13-6-4-5-7-15(13)17/h4-7,14,18-20H,3,8-12H2,1-2H3. The maximum Gasteiger partial charge on any atom is 0.0898 e. The average molecular weight is 316 g/mol. The van der Waals surface area contributed by atoms with E-state index < -0.39 is 6.10 Å². The molecule has 4 nitrogen and oxygen atoms in total. The summed E-state index contributed by atoms with van der Waals surface area (Å²) in [7, 11) is 0. The summed E-state index contributed by atoms with van der Waals surface area (Å²) in [5.74, 6) is 0. The maximum atomic E-state index is 9.94. The van der Waals surface area contributed by atoms with Crippen LogP contribution in [0.15, 0.2) is 24.3 Å². The Balaban J connectivity index is 2.28. The average Bonchev–Trinajstić information content (AvgIpc) is 2.47. The van der Waals surface area contributed by atoms with Crippen molar-refractivity contribution in [3.63, 3.8) is 0 Å². The van der Waals surface area contributed by atoms with Crippen LogP contribution in [-0.4, -0.2) is 41.6 Å². The van der Waals surface area contributed by atoms with Crippen molar-refractivity contribution in [2.75, 3.05) is 19.8 Å². The number of halogens is 1. The summed E-state index contributed by atoms with van der Waals surface area (Å²) >= 11 is 6.04. The molecule has 0 spiro atoms. The van der Waals surface area contributed by atoms with Gasteiger partial charge in [0.2, 0.25) is 0 Å². The Hall–Kier alpha value is -0.650. The summed E-state index contributed by atoms with van der Waals surface area (Å²) in [4.78, 5) is 0. The molecule has 1 rings (SSSR count). The third-order valence-corrected chi connectivity index (χ3v) is 4.10. The van der Waals surface area contributed by atoms with Crippen LogP contribution in [0.5, 0.6) is 0 Å². The molecule has 0 fully saturated rings. The Morgan fingerprint density at radius 1 is 1.38 bits per heavy atom. The predicted molar refractivity (Wildman–Crippen MR) is 85.5 cm³/mol. The molecule has 2 unspecified atom stereocenters. The van der Waals surface area contributed by atoms with Gasteiger partial charge in [-0.2, -0.15) is 0 Å². The minimum Gasteiger partial charge on any atom is -0.396 e. The molecule has 0 saturated heterocycles. The molecule has 5 heteroatoms. The number of hydrogen-bond acceptors (Lipinski definition) is 4. The van der Waals surface area contributed by atoms with Crippen LogP contribution in [0.4, 0.5) is 0 Å². The lowest BCUT2D eigenvalue weighted by Gasteiger charge is -2.30. The van der Waals surface area contributed by atoms with Gasteiger partial charge in [0.1, 0.15) is 0 Å². The molecule has 0 heterocycles. The lowest BCUT2D eigenvalue weighted by atomic mass is 9.95. The van der Waals surface area contributed by atoms with E-state index in [1.165, 1.54) is 0 Å². The minimum absolute atomic E-state index is 0.135. The number of aliphatic hydroxyl groups excluding tert-OH is 2. The van der Waals surface area contributed by atoms with Gasteiger partial charge in [-0.1, -0.05) is 36.7 Å². The fraction of sp³-hybridized carbons (Fsp3) is 0.625. The molecule has 120 valence electrons. The first-order chi connectivity index (χ1) is 10.0. The number of nitrogens with one attached hydrogen (secondary N) is 1. The van der Waals surface area contributed by atoms with Crippen molar-refractivity contribution in [3.8, 4) is 0 Å². The van der Waals surface area contributed by atoms with Gasteiger partial charge in [-0.15, -0.1) is 0 Å². The van der Waals surface area contributed by atoms with E-state index >= 15 is 0 Å². The molecule has 0 aliphatic heterocycles. The molecule has 21 heavy (non-hydrogen) atoms. The highest BCUT2D eigenvalue weighted by Gasteiger charge is 2.21. The highest BCUT2D eigenvalue weighted by atomic mass is 35.5. The van der Waals surface area contributed by atoms with Crippen LogP contribution >= 0.6 is 11.6 Å². The van der Waals surface area contributed by atoms with Crippen molar-refractivity contribution in [2.45, 2.75) is 44.9 Å². The number of rotatable bonds is 10. The lowest BCUT2D eigenvalue weighted by molar-refractivity contribution is 0.0242. The zero-order valence-corrected chi connectivity index (χ0v) is 13.6. The Morgan fingerprint density at radius 2 is 2.10 bits per heavy atom. The first-order valence-electron chi connectivity index (χ1n) is 7.36. The fourth-order valence-electron chi connectivity index (χ4n) is 1.98. The Bertz CT molecular complexity index is 416. The van der Waals surface area contributed by atoms with Crippen molar-refractivity contribution < 1.29 is 14.9 Å². The van der Waals surface area contributed by atoms with Gasteiger partial charge >= 0.3 is 0 Å². The third-order valence-electron chi connectivity index (χ3n) is 3.73. The van der Waals surface area contributed by atoms with Crippen LogP contribution < -0.4 is 5.32 Å². The van der Waals surface area contributed by atoms with Gasteiger partial charge in [-0.05, 0) is 31.4 Å². The van der Waals surface area contributed by atoms with Crippen LogP contribution in [0.25, 0.3) is 0 Å². The Labute approximate surface area is 132 Å². The number of ether oxygens (including phenoxy) is 1. The second-order valence-electron chi connectivity index (χ2n) is 5.53. The van der Waals surface area contributed by atoms with E-state index in [9.17, 15) is 5.11 Å². The molecule has 3 N–H and O–H groups in total. The summed E-state index contributed by atoms with van der Waals surface area (Å²) in [5.41, 5.74) is 0.761. The van der Waals surface area contributed by atoms with Gasteiger partial charge < -0.3 is 20.3 Å². The summed E-state index contributed by atoms with van der Waals surface area (Å²) in [6.07, 6.45) is 0.967. The number of benzene rings is 1. The van der Waals surface area contributed by atoms with Crippen LogP contribution in [0.2, 0.25) is 5.02 Å². The first kappa shape index (κ1) is 18.4. The van der Waals surface area contributed by atoms with Gasteiger partial charge in [0, 0.05) is 23.7 Å². The zero-order chi connectivity index (χ0) is 15.7. The normalized spacial score (nSPS) is 15.7. The summed E-state index contributed by atoms with van der Waals surface area (Å²) < 4.78 is 5.50. The third kappa shape index (κ3) is 6.76. The quantitative estimate of drug-likeness (QED) is 0.620. The maximum absolute atomic E-state index is 9.94. The molecular formula is C16H26ClNO3. The highest BCUT2D eigenvalue weighted by molar-refractivity contribution is 6.31. The number of aliphatic hydroxyl groups is 2. The monoisotopic (exact) mass is 315 g/mol. The number of β-amino-alcohol motifs (C(OH)–C–C–N with tert-alkyl or cyclic N) is 1. The van der Waals surface area contributed by atoms with Crippen LogP contribution in [0.3, 0.4) is 0 Å². The molecule has 1 aromatic rings. The van der Waals surface area contributed by atoms with Gasteiger partial charge in [-0.3, -0.25) is 0 Å². The molecule has 0 amide bonds. The Kier molecular flexibility index (Phi) is 8.22. The van der Waals surface area contributed by atoms with Gasteiger partial charge in [-0.25, -0.2) is 0 Å². The van der Waals surface area contributed by atoms with Crippen molar-refractivity contribution >= 4 is 11.6 Å². The molecule has 0 radical (unpaired) electrons. The first-order valence-corrected chi connectivity index (χ1v) is 7.73. The molecule has 2 atom stereocenters. The number of hydrogen-bond donors (Lipinski definition) is 3. The second kappa shape index (κ2) is 9.38. The van der Waals surface area contributed by atoms with E-state index in [4.69, 9.17) is 21.4 Å². The van der Waals surface area contributed by atoms with Crippen molar-refractivity contribution in [1.82, 2.24) is 5.32 Å². The highest BCUT2D eigenvalue weighted by Crippen LogP contribution is 2.16. The molecule has 0 saturated carbocycles. The molecule has 1 aromatic carbocycles. The largest absolute Gasteiger partial charge is 0.396 e. The van der Waals surface area contributed by atoms with E-state index in [0.717, 1.165) is 12.0 Å². The SMILES string of the molecule is CCC(C)(CCO)NCC(O)COCc1ccccc1Cl. The van der Waals surface area contributed by atoms with Gasteiger partial charge in [0.05, 0.1) is 19.3 Å². The zero-order valence-electron chi connectivity index (χ0n) is 12.8. The van der Waals surface area contributed by atoms with Gasteiger partial charge in [0.25, 0.3) is 0 Å². The lowest BCUT2D eigenvalue weighted by Crippen LogP contribution is -2.46.